The minimum Gasteiger partial charge on any atom is -0.466 e. The number of carbonyl (C=O) groups is 1. The van der Waals surface area contributed by atoms with E-state index in [1.807, 2.05) is 13.0 Å². The molecule has 0 aliphatic carbocycles. The number of benzene rings is 1. The number of pyridine rings is 1. The first-order valence-corrected chi connectivity index (χ1v) is 12.6. The van der Waals surface area contributed by atoms with E-state index in [2.05, 4.69) is 24.6 Å². The second-order valence-electron chi connectivity index (χ2n) is 8.02. The zero-order valence-corrected chi connectivity index (χ0v) is 19.6. The number of alkyl halides is 3. The summed E-state index contributed by atoms with van der Waals surface area (Å²) in [6.45, 7) is -0.226. The predicted octanol–water partition coefficient (Wildman–Crippen LogP) is 4.03. The average molecular weight is 509 g/mol. The van der Waals surface area contributed by atoms with E-state index >= 15 is 0 Å². The van der Waals surface area contributed by atoms with Gasteiger partial charge in [0.1, 0.15) is 24.4 Å². The van der Waals surface area contributed by atoms with Crippen LogP contribution in [0.2, 0.25) is 0 Å². The number of hydrogen-bond donors (Lipinski definition) is 2. The van der Waals surface area contributed by atoms with Gasteiger partial charge in [0, 0.05) is 23.1 Å². The van der Waals surface area contributed by atoms with Crippen molar-refractivity contribution in [3.05, 3.63) is 42.4 Å². The Balaban J connectivity index is 1.56. The average Bonchev–Trinajstić information content (AvgIpc) is 3.22. The molecular weight excluding hydrogens is 485 g/mol. The van der Waals surface area contributed by atoms with Crippen molar-refractivity contribution < 1.29 is 26.9 Å². The molecule has 0 bridgehead atoms. The molecule has 1 amide bonds. The van der Waals surface area contributed by atoms with Gasteiger partial charge in [-0.2, -0.15) is 17.5 Å². The van der Waals surface area contributed by atoms with Crippen molar-refractivity contribution in [1.82, 2.24) is 20.3 Å². The molecule has 35 heavy (non-hydrogen) atoms. The van der Waals surface area contributed by atoms with Gasteiger partial charge in [-0.15, -0.1) is 0 Å². The molecule has 3 aromatic rings. The second-order valence-corrected chi connectivity index (χ2v) is 10.6. The van der Waals surface area contributed by atoms with Crippen LogP contribution in [0.1, 0.15) is 18.4 Å². The number of aromatic nitrogens is 3. The van der Waals surface area contributed by atoms with Crippen molar-refractivity contribution in [3.8, 4) is 5.88 Å². The Morgan fingerprint density at radius 3 is 2.71 bits per heavy atom. The van der Waals surface area contributed by atoms with Crippen LogP contribution < -0.4 is 15.4 Å². The van der Waals surface area contributed by atoms with Gasteiger partial charge in [-0.1, -0.05) is 0 Å². The summed E-state index contributed by atoms with van der Waals surface area (Å²) in [6.07, 6.45) is 0.0918. The van der Waals surface area contributed by atoms with Gasteiger partial charge < -0.3 is 15.4 Å². The van der Waals surface area contributed by atoms with Crippen molar-refractivity contribution in [2.75, 3.05) is 30.0 Å². The molecule has 0 radical (unpaired) electrons. The molecular formula is C22H23F3N6O3S. The van der Waals surface area contributed by atoms with Crippen molar-refractivity contribution in [1.29, 1.82) is 0 Å². The van der Waals surface area contributed by atoms with E-state index in [1.54, 1.807) is 23.5 Å². The fourth-order valence-corrected chi connectivity index (χ4v) is 5.86. The Hall–Kier alpha value is -3.48. The maximum atomic E-state index is 12.8. The zero-order chi connectivity index (χ0) is 25.1. The summed E-state index contributed by atoms with van der Waals surface area (Å²) in [7, 11) is -2.24. The summed E-state index contributed by atoms with van der Waals surface area (Å²) in [5.41, 5.74) is 2.36. The number of aryl methyl sites for hydroxylation is 1. The third-order valence-electron chi connectivity index (χ3n) is 5.22. The van der Waals surface area contributed by atoms with Crippen molar-refractivity contribution in [2.45, 2.75) is 25.9 Å². The number of nitrogens with zero attached hydrogens (tertiary/aromatic N) is 4. The van der Waals surface area contributed by atoms with E-state index < -0.39 is 35.0 Å². The van der Waals surface area contributed by atoms with E-state index in [-0.39, 0.29) is 5.88 Å². The first-order valence-electron chi connectivity index (χ1n) is 10.8. The van der Waals surface area contributed by atoms with Gasteiger partial charge in [-0.05, 0) is 49.6 Å². The molecule has 0 unspecified atom stereocenters. The number of hydrogen-bond acceptors (Lipinski definition) is 8. The summed E-state index contributed by atoms with van der Waals surface area (Å²) in [5, 5.41) is 5.54. The molecule has 1 aliphatic heterocycles. The Morgan fingerprint density at radius 1 is 1.20 bits per heavy atom. The van der Waals surface area contributed by atoms with Gasteiger partial charge in [0.2, 0.25) is 5.88 Å². The van der Waals surface area contributed by atoms with Crippen molar-refractivity contribution in [3.63, 3.8) is 0 Å². The predicted molar refractivity (Wildman–Crippen MR) is 126 cm³/mol. The van der Waals surface area contributed by atoms with E-state index in [1.165, 1.54) is 12.5 Å². The van der Waals surface area contributed by atoms with Crippen LogP contribution in [0.5, 0.6) is 5.88 Å². The Bertz CT molecular complexity index is 1360. The lowest BCUT2D eigenvalue weighted by Crippen LogP contribution is -2.36. The van der Waals surface area contributed by atoms with E-state index in [4.69, 9.17) is 4.74 Å². The number of halogens is 3. The lowest BCUT2D eigenvalue weighted by Gasteiger charge is -2.14. The number of fused-ring (bicyclic) bond motifs is 1. The highest BCUT2D eigenvalue weighted by Gasteiger charge is 2.27. The Morgan fingerprint density at radius 2 is 1.97 bits per heavy atom. The number of carbonyl (C=O) groups excluding carboxylic acids is 1. The minimum absolute atomic E-state index is 0.0174. The molecule has 1 aromatic carbocycles. The summed E-state index contributed by atoms with van der Waals surface area (Å²) in [4.78, 5) is 24.4. The third-order valence-corrected chi connectivity index (χ3v) is 7.62. The molecule has 3 heterocycles. The van der Waals surface area contributed by atoms with Gasteiger partial charge in [0.05, 0.1) is 20.9 Å². The molecule has 0 saturated carbocycles. The number of rotatable bonds is 7. The Kier molecular flexibility index (Phi) is 7.05. The highest BCUT2D eigenvalue weighted by atomic mass is 32.2. The molecule has 1 saturated heterocycles. The third kappa shape index (κ3) is 6.35. The van der Waals surface area contributed by atoms with Crippen LogP contribution in [-0.4, -0.2) is 55.9 Å². The van der Waals surface area contributed by atoms with Crippen LogP contribution in [0.25, 0.3) is 10.9 Å². The molecule has 0 spiro atoms. The van der Waals surface area contributed by atoms with E-state index in [9.17, 15) is 22.2 Å². The van der Waals surface area contributed by atoms with Crippen LogP contribution in [0, 0.1) is 6.92 Å². The van der Waals surface area contributed by atoms with Gasteiger partial charge in [-0.25, -0.2) is 19.2 Å². The quantitative estimate of drug-likeness (QED) is 0.495. The van der Waals surface area contributed by atoms with E-state index in [0.29, 0.717) is 39.6 Å². The minimum atomic E-state index is -4.51. The maximum Gasteiger partial charge on any atom is 0.405 e. The highest BCUT2D eigenvalue weighted by Crippen LogP contribution is 2.33. The van der Waals surface area contributed by atoms with Crippen molar-refractivity contribution in [2.24, 2.45) is 4.36 Å². The van der Waals surface area contributed by atoms with Gasteiger partial charge >= 0.3 is 6.18 Å². The summed E-state index contributed by atoms with van der Waals surface area (Å²) in [6, 6.07) is 6.84. The lowest BCUT2D eigenvalue weighted by atomic mass is 10.1. The number of anilines is 2. The van der Waals surface area contributed by atoms with Crippen LogP contribution in [0.15, 0.2) is 41.2 Å². The molecule has 186 valence electrons. The first-order chi connectivity index (χ1) is 16.6. The standard InChI is InChI=1S/C22H23F3N6O3S/c1-14-9-15(31-35(33)7-2-3-8-35)10-17-19(14)20(29-13-28-17)30-16-5-4-6-26-21(16)34-11-18(32)27-12-22(23,24)25/h4-6,9-10,13H,2-3,7-8,11-12H2,1H3,(H,27,32)(H,28,29,30). The fourth-order valence-electron chi connectivity index (χ4n) is 3.67. The largest absolute Gasteiger partial charge is 0.466 e. The maximum absolute atomic E-state index is 12.8. The molecule has 9 nitrogen and oxygen atoms in total. The fraction of sp³-hybridized carbons (Fsp3) is 0.364. The van der Waals surface area contributed by atoms with Crippen LogP contribution >= 0.6 is 0 Å². The molecule has 0 atom stereocenters. The van der Waals surface area contributed by atoms with Gasteiger partial charge in [0.25, 0.3) is 5.91 Å². The normalized spacial score (nSPS) is 15.1. The molecule has 2 aromatic heterocycles. The number of ether oxygens (including phenoxy) is 1. The molecule has 4 rings (SSSR count). The topological polar surface area (TPSA) is 118 Å². The zero-order valence-electron chi connectivity index (χ0n) is 18.8. The van der Waals surface area contributed by atoms with Crippen molar-refractivity contribution >= 4 is 43.7 Å². The summed E-state index contributed by atoms with van der Waals surface area (Å²) in [5.74, 6) is 0.712. The van der Waals surface area contributed by atoms with Gasteiger partial charge in [0.15, 0.2) is 6.61 Å². The van der Waals surface area contributed by atoms with Crippen LogP contribution in [0.4, 0.5) is 30.4 Å². The number of nitrogens with one attached hydrogen (secondary N) is 2. The van der Waals surface area contributed by atoms with Crippen LogP contribution in [-0.2, 0) is 14.5 Å². The van der Waals surface area contributed by atoms with E-state index in [0.717, 1.165) is 18.4 Å². The monoisotopic (exact) mass is 508 g/mol. The SMILES string of the molecule is Cc1cc(N=S2(=O)CCCC2)cc2ncnc(Nc3cccnc3OCC(=O)NCC(F)(F)F)c12. The smallest absolute Gasteiger partial charge is 0.405 e. The molecule has 1 aliphatic rings. The highest BCUT2D eigenvalue weighted by molar-refractivity contribution is 7.93. The molecule has 2 N–H and O–H groups in total. The molecule has 1 fully saturated rings. The summed E-state index contributed by atoms with van der Waals surface area (Å²) >= 11 is 0. The number of amides is 1. The first kappa shape index (κ1) is 24.6. The summed E-state index contributed by atoms with van der Waals surface area (Å²) < 4.78 is 59.5. The second kappa shape index (κ2) is 10.0. The van der Waals surface area contributed by atoms with Gasteiger partial charge in [-0.3, -0.25) is 4.79 Å². The van der Waals surface area contributed by atoms with Crippen LogP contribution in [0.3, 0.4) is 0 Å². The Labute approximate surface area is 199 Å². The molecule has 13 heteroatoms. The lowest BCUT2D eigenvalue weighted by molar-refractivity contribution is -0.139.